The Labute approximate surface area is 96.3 Å². The van der Waals surface area contributed by atoms with E-state index in [1.807, 2.05) is 6.92 Å². The predicted molar refractivity (Wildman–Crippen MR) is 63.7 cm³/mol. The number of benzene rings is 1. The molecule has 0 saturated heterocycles. The molecule has 0 spiro atoms. The fraction of sp³-hybridized carbons (Fsp3) is 0.500. The Kier molecular flexibility index (Phi) is 2.99. The molecule has 2 heteroatoms. The molecule has 0 heterocycles. The molecule has 1 N–H and O–H groups in total. The van der Waals surface area contributed by atoms with E-state index in [-0.39, 0.29) is 6.42 Å². The van der Waals surface area contributed by atoms with E-state index >= 15 is 0 Å². The molecule has 0 amide bonds. The molecule has 1 aliphatic carbocycles. The summed E-state index contributed by atoms with van der Waals surface area (Å²) in [6, 6.07) is 4.29. The van der Waals surface area contributed by atoms with E-state index < -0.39 is 5.97 Å². The molecular weight excluding hydrogens is 200 g/mol. The molecule has 0 bridgehead atoms. The van der Waals surface area contributed by atoms with Crippen LogP contribution in [0.25, 0.3) is 0 Å². The van der Waals surface area contributed by atoms with Gasteiger partial charge in [-0.3, -0.25) is 4.79 Å². The van der Waals surface area contributed by atoms with Crippen molar-refractivity contribution in [1.29, 1.82) is 0 Å². The first-order chi connectivity index (χ1) is 7.60. The summed E-state index contributed by atoms with van der Waals surface area (Å²) in [6.45, 7) is 4.24. The van der Waals surface area contributed by atoms with Crippen LogP contribution < -0.4 is 0 Å². The molecule has 2 rings (SSSR count). The van der Waals surface area contributed by atoms with Crippen molar-refractivity contribution >= 4 is 5.97 Å². The van der Waals surface area contributed by atoms with Crippen LogP contribution in [0.3, 0.4) is 0 Å². The molecule has 1 aliphatic rings. The highest BCUT2D eigenvalue weighted by atomic mass is 16.4. The van der Waals surface area contributed by atoms with Crippen LogP contribution in [0, 0.1) is 12.8 Å². The van der Waals surface area contributed by atoms with Gasteiger partial charge in [0, 0.05) is 0 Å². The van der Waals surface area contributed by atoms with Gasteiger partial charge in [0.2, 0.25) is 0 Å². The van der Waals surface area contributed by atoms with Crippen molar-refractivity contribution in [2.24, 2.45) is 5.92 Å². The van der Waals surface area contributed by atoms with Crippen molar-refractivity contribution in [3.05, 3.63) is 34.4 Å². The second-order valence-electron chi connectivity index (χ2n) is 4.80. The van der Waals surface area contributed by atoms with Crippen LogP contribution in [0.4, 0.5) is 0 Å². The number of aryl methyl sites for hydroxylation is 1. The van der Waals surface area contributed by atoms with Crippen LogP contribution in [-0.4, -0.2) is 11.1 Å². The van der Waals surface area contributed by atoms with Crippen LogP contribution in [0.1, 0.15) is 35.6 Å². The van der Waals surface area contributed by atoms with E-state index in [0.29, 0.717) is 0 Å². The van der Waals surface area contributed by atoms with E-state index in [2.05, 4.69) is 19.1 Å². The Balaban J connectivity index is 2.29. The third-order valence-corrected chi connectivity index (χ3v) is 3.59. The molecule has 2 nitrogen and oxygen atoms in total. The number of carbonyl (C=O) groups is 1. The quantitative estimate of drug-likeness (QED) is 0.847. The molecule has 86 valence electrons. The molecule has 0 aliphatic heterocycles. The maximum Gasteiger partial charge on any atom is 0.307 e. The molecular formula is C14H18O2. The second-order valence-corrected chi connectivity index (χ2v) is 4.80. The lowest BCUT2D eigenvalue weighted by Crippen LogP contribution is -2.03. The van der Waals surface area contributed by atoms with Crippen LogP contribution in [0.2, 0.25) is 0 Å². The Morgan fingerprint density at radius 1 is 1.38 bits per heavy atom. The van der Waals surface area contributed by atoms with Gasteiger partial charge in [-0.15, -0.1) is 0 Å². The number of hydrogen-bond donors (Lipinski definition) is 1. The highest BCUT2D eigenvalue weighted by Gasteiger charge is 2.21. The third kappa shape index (κ3) is 2.11. The maximum absolute atomic E-state index is 10.7. The minimum Gasteiger partial charge on any atom is -0.481 e. The van der Waals surface area contributed by atoms with Crippen molar-refractivity contribution in [3.63, 3.8) is 0 Å². The molecule has 1 unspecified atom stereocenters. The first-order valence-corrected chi connectivity index (χ1v) is 5.93. The van der Waals surface area contributed by atoms with E-state index in [1.54, 1.807) is 0 Å². The van der Waals surface area contributed by atoms with E-state index in [0.717, 1.165) is 23.5 Å². The van der Waals surface area contributed by atoms with Gasteiger partial charge in [0.15, 0.2) is 0 Å². The molecule has 1 aromatic rings. The summed E-state index contributed by atoms with van der Waals surface area (Å²) in [5.41, 5.74) is 4.90. The number of rotatable bonds is 3. The van der Waals surface area contributed by atoms with Gasteiger partial charge in [0.25, 0.3) is 0 Å². The summed E-state index contributed by atoms with van der Waals surface area (Å²) >= 11 is 0. The lowest BCUT2D eigenvalue weighted by Gasteiger charge is -2.07. The zero-order chi connectivity index (χ0) is 11.7. The summed E-state index contributed by atoms with van der Waals surface area (Å²) in [5, 5.41) is 8.84. The predicted octanol–water partition coefficient (Wildman–Crippen LogP) is 2.75. The first kappa shape index (κ1) is 11.2. The highest BCUT2D eigenvalue weighted by molar-refractivity contribution is 5.71. The monoisotopic (exact) mass is 218 g/mol. The Bertz CT molecular complexity index is 421. The molecule has 1 aromatic carbocycles. The van der Waals surface area contributed by atoms with Crippen LogP contribution >= 0.6 is 0 Å². The summed E-state index contributed by atoms with van der Waals surface area (Å²) < 4.78 is 0. The number of carboxylic acid groups (broad SMARTS) is 1. The van der Waals surface area contributed by atoms with Gasteiger partial charge in [0.05, 0.1) is 6.42 Å². The van der Waals surface area contributed by atoms with E-state index in [1.165, 1.54) is 24.0 Å². The highest BCUT2D eigenvalue weighted by Crippen LogP contribution is 2.31. The van der Waals surface area contributed by atoms with E-state index in [9.17, 15) is 4.79 Å². The average molecular weight is 218 g/mol. The van der Waals surface area contributed by atoms with Crippen molar-refractivity contribution in [3.8, 4) is 0 Å². The number of aliphatic carboxylic acids is 1. The van der Waals surface area contributed by atoms with Crippen molar-refractivity contribution in [2.75, 3.05) is 0 Å². The summed E-state index contributed by atoms with van der Waals surface area (Å²) in [6.07, 6.45) is 3.65. The SMILES string of the molecule is CCC1Cc2cc(C)c(CC(=O)O)cc2C1. The standard InChI is InChI=1S/C14H18O2/c1-3-10-5-12-4-9(2)11(8-14(15)16)7-13(12)6-10/h4,7,10H,3,5-6,8H2,1-2H3,(H,15,16). The van der Waals surface area contributed by atoms with Crippen molar-refractivity contribution in [1.82, 2.24) is 0 Å². The minimum absolute atomic E-state index is 0.149. The average Bonchev–Trinajstić information content (AvgIpc) is 2.59. The fourth-order valence-electron chi connectivity index (χ4n) is 2.58. The summed E-state index contributed by atoms with van der Waals surface area (Å²) in [5.74, 6) is 0.0163. The van der Waals surface area contributed by atoms with Crippen LogP contribution in [0.5, 0.6) is 0 Å². The Morgan fingerprint density at radius 2 is 2.00 bits per heavy atom. The maximum atomic E-state index is 10.7. The summed E-state index contributed by atoms with van der Waals surface area (Å²) in [7, 11) is 0. The van der Waals surface area contributed by atoms with Gasteiger partial charge < -0.3 is 5.11 Å². The van der Waals surface area contributed by atoms with Gasteiger partial charge >= 0.3 is 5.97 Å². The van der Waals surface area contributed by atoms with Crippen LogP contribution in [-0.2, 0) is 24.1 Å². The zero-order valence-corrected chi connectivity index (χ0v) is 9.92. The number of fused-ring (bicyclic) bond motifs is 1. The van der Waals surface area contributed by atoms with Gasteiger partial charge in [-0.25, -0.2) is 0 Å². The Hall–Kier alpha value is -1.31. The third-order valence-electron chi connectivity index (χ3n) is 3.59. The smallest absolute Gasteiger partial charge is 0.307 e. The molecule has 1 atom stereocenters. The molecule has 0 saturated carbocycles. The lowest BCUT2D eigenvalue weighted by molar-refractivity contribution is -0.136. The normalized spacial score (nSPS) is 18.5. The first-order valence-electron chi connectivity index (χ1n) is 5.93. The largest absolute Gasteiger partial charge is 0.481 e. The topological polar surface area (TPSA) is 37.3 Å². The van der Waals surface area contributed by atoms with Crippen LogP contribution in [0.15, 0.2) is 12.1 Å². The molecule has 16 heavy (non-hydrogen) atoms. The number of hydrogen-bond acceptors (Lipinski definition) is 1. The molecule has 0 aromatic heterocycles. The van der Waals surface area contributed by atoms with Crippen molar-refractivity contribution in [2.45, 2.75) is 39.5 Å². The van der Waals surface area contributed by atoms with Gasteiger partial charge in [-0.1, -0.05) is 25.5 Å². The van der Waals surface area contributed by atoms with Gasteiger partial charge in [-0.05, 0) is 47.9 Å². The summed E-state index contributed by atoms with van der Waals surface area (Å²) in [4.78, 5) is 10.7. The van der Waals surface area contributed by atoms with Crippen molar-refractivity contribution < 1.29 is 9.90 Å². The Morgan fingerprint density at radius 3 is 2.56 bits per heavy atom. The lowest BCUT2D eigenvalue weighted by atomic mass is 9.99. The minimum atomic E-state index is -0.743. The molecule has 0 radical (unpaired) electrons. The fourth-order valence-corrected chi connectivity index (χ4v) is 2.58. The van der Waals surface area contributed by atoms with Gasteiger partial charge in [0.1, 0.15) is 0 Å². The zero-order valence-electron chi connectivity index (χ0n) is 9.92. The second kappa shape index (κ2) is 4.28. The van der Waals surface area contributed by atoms with E-state index in [4.69, 9.17) is 5.11 Å². The number of carboxylic acids is 1. The van der Waals surface area contributed by atoms with Gasteiger partial charge in [-0.2, -0.15) is 0 Å². The molecule has 0 fully saturated rings.